The fourth-order valence-corrected chi connectivity index (χ4v) is 4.23. The van der Waals surface area contributed by atoms with Crippen LogP contribution < -0.4 is 0 Å². The molecule has 3 saturated heterocycles. The monoisotopic (exact) mass is 323 g/mol. The van der Waals surface area contributed by atoms with E-state index in [1.54, 1.807) is 6.07 Å². The zero-order valence-electron chi connectivity index (χ0n) is 14.0. The van der Waals surface area contributed by atoms with E-state index in [4.69, 9.17) is 0 Å². The molecule has 24 heavy (non-hydrogen) atoms. The Labute approximate surface area is 143 Å². The fourth-order valence-electron chi connectivity index (χ4n) is 4.23. The minimum absolute atomic E-state index is 0.367. The molecule has 0 unspecified atom stereocenters. The number of piperidine rings is 1. The molecule has 0 radical (unpaired) electrons. The van der Waals surface area contributed by atoms with E-state index in [0.29, 0.717) is 11.8 Å². The van der Waals surface area contributed by atoms with Crippen LogP contribution >= 0.6 is 0 Å². The smallest absolute Gasteiger partial charge is 0.115 e. The normalized spacial score (nSPS) is 24.8. The summed E-state index contributed by atoms with van der Waals surface area (Å²) in [7, 11) is 0. The minimum atomic E-state index is 0.367. The van der Waals surface area contributed by atoms with Crippen LogP contribution in [0.4, 0.5) is 0 Å². The van der Waals surface area contributed by atoms with Crippen molar-refractivity contribution in [1.29, 1.82) is 0 Å². The molecule has 1 N–H and O–H groups in total. The Morgan fingerprint density at radius 1 is 0.958 bits per heavy atom. The number of nitrogens with zero attached hydrogens (tertiary/aromatic N) is 3. The maximum Gasteiger partial charge on any atom is 0.115 e. The maximum atomic E-state index is 9.70. The summed E-state index contributed by atoms with van der Waals surface area (Å²) in [6, 6.07) is 12.6. The predicted octanol–water partition coefficient (Wildman–Crippen LogP) is 2.88. The van der Waals surface area contributed by atoms with Crippen molar-refractivity contribution in [2.24, 2.45) is 5.92 Å². The summed E-state index contributed by atoms with van der Waals surface area (Å²) >= 11 is 0. The lowest BCUT2D eigenvalue weighted by Gasteiger charge is -2.36. The van der Waals surface area contributed by atoms with Crippen molar-refractivity contribution < 1.29 is 5.11 Å². The van der Waals surface area contributed by atoms with Crippen molar-refractivity contribution in [3.05, 3.63) is 59.9 Å². The summed E-state index contributed by atoms with van der Waals surface area (Å²) in [6.07, 6.45) is 6.40. The second kappa shape index (κ2) is 6.91. The quantitative estimate of drug-likeness (QED) is 0.939. The molecule has 0 saturated carbocycles. The predicted molar refractivity (Wildman–Crippen MR) is 94.5 cm³/mol. The number of aromatic hydroxyl groups is 1. The lowest BCUT2D eigenvalue weighted by Crippen LogP contribution is -2.43. The molecule has 1 aromatic carbocycles. The summed E-state index contributed by atoms with van der Waals surface area (Å²) in [5, 5.41) is 9.70. The number of phenolic OH excluding ortho intramolecular Hbond substituents is 1. The molecule has 3 fully saturated rings. The van der Waals surface area contributed by atoms with Crippen LogP contribution in [0.3, 0.4) is 0 Å². The van der Waals surface area contributed by atoms with E-state index in [0.717, 1.165) is 25.6 Å². The van der Waals surface area contributed by atoms with Crippen molar-refractivity contribution >= 4 is 0 Å². The fraction of sp³-hybridized carbons (Fsp3) is 0.450. The molecule has 126 valence electrons. The van der Waals surface area contributed by atoms with Crippen LogP contribution in [0.2, 0.25) is 0 Å². The highest BCUT2D eigenvalue weighted by Crippen LogP contribution is 2.30. The van der Waals surface area contributed by atoms with Crippen LogP contribution in [-0.4, -0.2) is 45.6 Å². The molecule has 4 heterocycles. The van der Waals surface area contributed by atoms with Gasteiger partial charge in [-0.1, -0.05) is 12.1 Å². The molecular formula is C20H25N3O. The van der Waals surface area contributed by atoms with Gasteiger partial charge >= 0.3 is 0 Å². The zero-order chi connectivity index (χ0) is 16.4. The largest absolute Gasteiger partial charge is 0.508 e. The number of hydrogen-bond donors (Lipinski definition) is 1. The lowest BCUT2D eigenvalue weighted by atomic mass is 9.94. The Hall–Kier alpha value is -1.91. The third-order valence-electron chi connectivity index (χ3n) is 5.35. The average molecular weight is 323 g/mol. The van der Waals surface area contributed by atoms with Crippen molar-refractivity contribution in [3.63, 3.8) is 0 Å². The van der Waals surface area contributed by atoms with Gasteiger partial charge in [-0.15, -0.1) is 0 Å². The van der Waals surface area contributed by atoms with Crippen LogP contribution in [-0.2, 0) is 13.1 Å². The van der Waals surface area contributed by atoms with E-state index in [1.165, 1.54) is 37.1 Å². The van der Waals surface area contributed by atoms with Gasteiger partial charge in [0.1, 0.15) is 5.75 Å². The number of fused-ring (bicyclic) bond motifs is 4. The molecule has 5 rings (SSSR count). The second-order valence-corrected chi connectivity index (χ2v) is 7.25. The first-order valence-electron chi connectivity index (χ1n) is 8.89. The highest BCUT2D eigenvalue weighted by atomic mass is 16.3. The third kappa shape index (κ3) is 3.60. The lowest BCUT2D eigenvalue weighted by molar-refractivity contribution is 0.123. The molecule has 3 aliphatic heterocycles. The van der Waals surface area contributed by atoms with Crippen LogP contribution in [0.5, 0.6) is 5.75 Å². The third-order valence-corrected chi connectivity index (χ3v) is 5.35. The molecule has 2 bridgehead atoms. The van der Waals surface area contributed by atoms with Gasteiger partial charge < -0.3 is 5.11 Å². The molecule has 0 aliphatic carbocycles. The Morgan fingerprint density at radius 3 is 2.67 bits per heavy atom. The van der Waals surface area contributed by atoms with Gasteiger partial charge in [0.15, 0.2) is 0 Å². The van der Waals surface area contributed by atoms with E-state index >= 15 is 0 Å². The van der Waals surface area contributed by atoms with Gasteiger partial charge in [-0.25, -0.2) is 0 Å². The maximum absolute atomic E-state index is 9.70. The van der Waals surface area contributed by atoms with E-state index < -0.39 is 0 Å². The first kappa shape index (κ1) is 15.6. The van der Waals surface area contributed by atoms with Crippen LogP contribution in [0.25, 0.3) is 0 Å². The molecule has 3 aliphatic rings. The van der Waals surface area contributed by atoms with Gasteiger partial charge in [0.25, 0.3) is 0 Å². The SMILES string of the molecule is Oc1cccc(CN2C[C@@H]3CC[C@H]2CN(Cc2ccncc2)C3)c1. The van der Waals surface area contributed by atoms with Crippen LogP contribution in [0, 0.1) is 5.92 Å². The molecule has 4 heteroatoms. The summed E-state index contributed by atoms with van der Waals surface area (Å²) in [5.41, 5.74) is 2.56. The number of pyridine rings is 1. The van der Waals surface area contributed by atoms with E-state index in [9.17, 15) is 5.11 Å². The topological polar surface area (TPSA) is 39.6 Å². The molecule has 4 nitrogen and oxygen atoms in total. The first-order chi connectivity index (χ1) is 11.8. The molecular weight excluding hydrogens is 298 g/mol. The Bertz CT molecular complexity index is 676. The van der Waals surface area contributed by atoms with E-state index in [1.807, 2.05) is 24.5 Å². The second-order valence-electron chi connectivity index (χ2n) is 7.25. The number of phenols is 1. The van der Waals surface area contributed by atoms with E-state index in [-0.39, 0.29) is 0 Å². The Kier molecular flexibility index (Phi) is 4.50. The molecule has 2 aromatic rings. The molecule has 1 aromatic heterocycles. The Balaban J connectivity index is 1.44. The highest BCUT2D eigenvalue weighted by molar-refractivity contribution is 5.27. The van der Waals surface area contributed by atoms with Gasteiger partial charge in [-0.05, 0) is 54.2 Å². The van der Waals surface area contributed by atoms with Crippen molar-refractivity contribution in [3.8, 4) is 5.75 Å². The summed E-state index contributed by atoms with van der Waals surface area (Å²) < 4.78 is 0. The standard InChI is InChI=1S/C20H25N3O/c24-20-3-1-2-17(10-20)13-23-14-18-4-5-19(23)15-22(12-18)11-16-6-8-21-9-7-16/h1-3,6-10,18-19,24H,4-5,11-15H2/t18-,19+/m1/s1. The number of hydrogen-bond acceptors (Lipinski definition) is 4. The van der Waals surface area contributed by atoms with Gasteiger partial charge in [0.2, 0.25) is 0 Å². The minimum Gasteiger partial charge on any atom is -0.508 e. The van der Waals surface area contributed by atoms with Crippen LogP contribution in [0.1, 0.15) is 24.0 Å². The van der Waals surface area contributed by atoms with E-state index in [2.05, 4.69) is 33.0 Å². The first-order valence-corrected chi connectivity index (χ1v) is 8.89. The van der Waals surface area contributed by atoms with Gasteiger partial charge in [-0.3, -0.25) is 14.8 Å². The number of benzene rings is 1. The zero-order valence-corrected chi connectivity index (χ0v) is 14.0. The number of rotatable bonds is 4. The van der Waals surface area contributed by atoms with Crippen molar-refractivity contribution in [2.45, 2.75) is 32.0 Å². The van der Waals surface area contributed by atoms with Gasteiger partial charge in [-0.2, -0.15) is 0 Å². The van der Waals surface area contributed by atoms with Crippen molar-refractivity contribution in [2.75, 3.05) is 19.6 Å². The summed E-state index contributed by atoms with van der Waals surface area (Å²) in [5.74, 6) is 1.12. The average Bonchev–Trinajstić information content (AvgIpc) is 2.86. The number of aromatic nitrogens is 1. The molecule has 0 amide bonds. The Morgan fingerprint density at radius 2 is 1.83 bits per heavy atom. The van der Waals surface area contributed by atoms with Crippen LogP contribution in [0.15, 0.2) is 48.8 Å². The van der Waals surface area contributed by atoms with Gasteiger partial charge in [0, 0.05) is 51.2 Å². The highest BCUT2D eigenvalue weighted by Gasteiger charge is 2.34. The summed E-state index contributed by atoms with van der Waals surface area (Å²) in [4.78, 5) is 9.35. The molecule has 2 atom stereocenters. The summed E-state index contributed by atoms with van der Waals surface area (Å²) in [6.45, 7) is 5.47. The molecule has 0 spiro atoms. The van der Waals surface area contributed by atoms with Crippen molar-refractivity contribution in [1.82, 2.24) is 14.8 Å². The van der Waals surface area contributed by atoms with Gasteiger partial charge in [0.05, 0.1) is 0 Å².